The first-order valence-corrected chi connectivity index (χ1v) is 9.27. The number of rotatable bonds is 2. The summed E-state index contributed by atoms with van der Waals surface area (Å²) < 4.78 is 3.69. The van der Waals surface area contributed by atoms with Crippen LogP contribution in [0.2, 0.25) is 0 Å². The third kappa shape index (κ3) is 3.00. The third-order valence-electron chi connectivity index (χ3n) is 4.08. The van der Waals surface area contributed by atoms with Crippen LogP contribution < -0.4 is 5.32 Å². The highest BCUT2D eigenvalue weighted by Gasteiger charge is 2.20. The monoisotopic (exact) mass is 461 g/mol. The first-order chi connectivity index (χ1) is 12.0. The number of aromatic nitrogens is 4. The van der Waals surface area contributed by atoms with Gasteiger partial charge in [0, 0.05) is 27.3 Å². The Hall–Kier alpha value is -2.06. The largest absolute Gasteiger partial charge is 0.349 e. The minimum atomic E-state index is -0.106. The predicted molar refractivity (Wildman–Crippen MR) is 101 cm³/mol. The van der Waals surface area contributed by atoms with E-state index in [9.17, 15) is 4.79 Å². The molecule has 0 fully saturated rings. The summed E-state index contributed by atoms with van der Waals surface area (Å²) in [5.74, 6) is 0.500. The van der Waals surface area contributed by atoms with Gasteiger partial charge < -0.3 is 5.32 Å². The second-order valence-corrected chi connectivity index (χ2v) is 7.43. The second kappa shape index (κ2) is 6.34. The summed E-state index contributed by atoms with van der Waals surface area (Å²) in [4.78, 5) is 20.9. The molecule has 1 amide bonds. The summed E-state index contributed by atoms with van der Waals surface area (Å²) in [6.07, 6.45) is 1.71. The lowest BCUT2D eigenvalue weighted by Crippen LogP contribution is -2.35. The minimum absolute atomic E-state index is 0.106. The predicted octanol–water partition coefficient (Wildman–Crippen LogP) is 3.58. The minimum Gasteiger partial charge on any atom is -0.349 e. The van der Waals surface area contributed by atoms with Crippen LogP contribution in [0.1, 0.15) is 16.1 Å². The zero-order chi connectivity index (χ0) is 17.6. The van der Waals surface area contributed by atoms with Gasteiger partial charge in [0.1, 0.15) is 11.4 Å². The number of hydrogen-bond acceptors (Lipinski definition) is 4. The second-order valence-electron chi connectivity index (χ2n) is 5.72. The van der Waals surface area contributed by atoms with Gasteiger partial charge in [0.05, 0.1) is 12.2 Å². The van der Waals surface area contributed by atoms with Crippen LogP contribution in [0.4, 0.5) is 0 Å². The molecule has 0 spiro atoms. The zero-order valence-corrected chi connectivity index (χ0v) is 16.4. The normalized spacial score (nSPS) is 13.5. The number of fused-ring (bicyclic) bond motifs is 1. The number of amides is 1. The van der Waals surface area contributed by atoms with Gasteiger partial charge in [-0.15, -0.1) is 0 Å². The van der Waals surface area contributed by atoms with Gasteiger partial charge in [0.2, 0.25) is 0 Å². The molecule has 126 valence electrons. The Bertz CT molecular complexity index is 975. The highest BCUT2D eigenvalue weighted by atomic mass is 79.9. The molecule has 0 saturated heterocycles. The molecule has 4 rings (SSSR count). The molecule has 1 aliphatic heterocycles. The van der Waals surface area contributed by atoms with Crippen molar-refractivity contribution in [3.05, 3.63) is 50.7 Å². The molecule has 3 aromatic rings. The standard InChI is InChI=1S/C17H13Br2N5O/c1-9-11(18)6-10(7-12(9)19)16-20-3-2-13(22-16)14-8-15-17(25)21-4-5-24(15)23-14/h2-3,6-8H,4-5H2,1H3,(H,21,25). The molecule has 1 aromatic carbocycles. The fourth-order valence-electron chi connectivity index (χ4n) is 2.68. The Balaban J connectivity index is 1.77. The lowest BCUT2D eigenvalue weighted by atomic mass is 10.1. The van der Waals surface area contributed by atoms with Crippen LogP contribution in [0.5, 0.6) is 0 Å². The molecule has 3 heterocycles. The Morgan fingerprint density at radius 1 is 1.16 bits per heavy atom. The first-order valence-electron chi connectivity index (χ1n) is 7.68. The van der Waals surface area contributed by atoms with Crippen molar-refractivity contribution in [3.8, 4) is 22.8 Å². The molecule has 0 radical (unpaired) electrons. The molecule has 0 saturated carbocycles. The van der Waals surface area contributed by atoms with Gasteiger partial charge in [0.25, 0.3) is 5.91 Å². The van der Waals surface area contributed by atoms with Gasteiger partial charge in [-0.05, 0) is 36.8 Å². The van der Waals surface area contributed by atoms with Crippen molar-refractivity contribution in [2.75, 3.05) is 6.54 Å². The van der Waals surface area contributed by atoms with Gasteiger partial charge in [-0.2, -0.15) is 5.10 Å². The van der Waals surface area contributed by atoms with E-state index < -0.39 is 0 Å². The van der Waals surface area contributed by atoms with E-state index in [1.54, 1.807) is 23.0 Å². The maximum absolute atomic E-state index is 11.9. The van der Waals surface area contributed by atoms with E-state index in [0.29, 0.717) is 36.0 Å². The van der Waals surface area contributed by atoms with Crippen LogP contribution in [0, 0.1) is 6.92 Å². The van der Waals surface area contributed by atoms with Gasteiger partial charge in [0.15, 0.2) is 5.82 Å². The van der Waals surface area contributed by atoms with Crippen molar-refractivity contribution in [2.45, 2.75) is 13.5 Å². The van der Waals surface area contributed by atoms with E-state index in [1.807, 2.05) is 19.1 Å². The van der Waals surface area contributed by atoms with Crippen molar-refractivity contribution in [2.24, 2.45) is 0 Å². The van der Waals surface area contributed by atoms with E-state index in [4.69, 9.17) is 0 Å². The topological polar surface area (TPSA) is 72.7 Å². The van der Waals surface area contributed by atoms with Gasteiger partial charge in [-0.25, -0.2) is 9.97 Å². The number of carbonyl (C=O) groups excluding carboxylic acids is 1. The molecule has 2 aromatic heterocycles. The average molecular weight is 463 g/mol. The Kier molecular flexibility index (Phi) is 4.16. The SMILES string of the molecule is Cc1c(Br)cc(-c2nccc(-c3cc4n(n3)CCNC4=O)n2)cc1Br. The number of hydrogen-bond donors (Lipinski definition) is 1. The molecule has 25 heavy (non-hydrogen) atoms. The Morgan fingerprint density at radius 3 is 2.64 bits per heavy atom. The van der Waals surface area contributed by atoms with Crippen molar-refractivity contribution in [1.29, 1.82) is 0 Å². The zero-order valence-electron chi connectivity index (χ0n) is 13.3. The molecular weight excluding hydrogens is 450 g/mol. The van der Waals surface area contributed by atoms with Crippen molar-refractivity contribution in [1.82, 2.24) is 25.1 Å². The molecule has 0 aliphatic carbocycles. The van der Waals surface area contributed by atoms with Gasteiger partial charge in [-0.1, -0.05) is 31.9 Å². The summed E-state index contributed by atoms with van der Waals surface area (Å²) in [6.45, 7) is 3.28. The average Bonchev–Trinajstić information content (AvgIpc) is 3.05. The van der Waals surface area contributed by atoms with Crippen LogP contribution in [-0.4, -0.2) is 32.2 Å². The van der Waals surface area contributed by atoms with Gasteiger partial charge in [-0.3, -0.25) is 9.48 Å². The molecular formula is C17H13Br2N5O. The summed E-state index contributed by atoms with van der Waals surface area (Å²) in [5, 5.41) is 7.32. The first kappa shape index (κ1) is 16.4. The maximum Gasteiger partial charge on any atom is 0.269 e. The van der Waals surface area contributed by atoms with Crippen molar-refractivity contribution >= 4 is 37.8 Å². The third-order valence-corrected chi connectivity index (χ3v) is 5.73. The van der Waals surface area contributed by atoms with Crippen LogP contribution in [-0.2, 0) is 6.54 Å². The van der Waals surface area contributed by atoms with Gasteiger partial charge >= 0.3 is 0 Å². The summed E-state index contributed by atoms with van der Waals surface area (Å²) >= 11 is 7.11. The molecule has 6 nitrogen and oxygen atoms in total. The highest BCUT2D eigenvalue weighted by Crippen LogP contribution is 2.31. The quantitative estimate of drug-likeness (QED) is 0.631. The van der Waals surface area contributed by atoms with Crippen LogP contribution >= 0.6 is 31.9 Å². The summed E-state index contributed by atoms with van der Waals surface area (Å²) in [5.41, 5.74) is 3.93. The number of benzene rings is 1. The number of nitrogens with one attached hydrogen (secondary N) is 1. The van der Waals surface area contributed by atoms with Crippen molar-refractivity contribution in [3.63, 3.8) is 0 Å². The van der Waals surface area contributed by atoms with Crippen LogP contribution in [0.3, 0.4) is 0 Å². The summed E-state index contributed by atoms with van der Waals surface area (Å²) in [6, 6.07) is 7.55. The van der Waals surface area contributed by atoms with E-state index in [-0.39, 0.29) is 5.91 Å². The molecule has 1 aliphatic rings. The van der Waals surface area contributed by atoms with E-state index in [0.717, 1.165) is 20.1 Å². The van der Waals surface area contributed by atoms with E-state index >= 15 is 0 Å². The molecule has 0 unspecified atom stereocenters. The number of carbonyl (C=O) groups is 1. The highest BCUT2D eigenvalue weighted by molar-refractivity contribution is 9.11. The Labute approximate surface area is 160 Å². The lowest BCUT2D eigenvalue weighted by molar-refractivity contribution is 0.0924. The molecule has 1 N–H and O–H groups in total. The Morgan fingerprint density at radius 2 is 1.92 bits per heavy atom. The number of halogens is 2. The summed E-state index contributed by atoms with van der Waals surface area (Å²) in [7, 11) is 0. The molecule has 0 bridgehead atoms. The number of nitrogens with zero attached hydrogens (tertiary/aromatic N) is 4. The van der Waals surface area contributed by atoms with Crippen LogP contribution in [0.15, 0.2) is 39.4 Å². The van der Waals surface area contributed by atoms with Crippen molar-refractivity contribution < 1.29 is 4.79 Å². The fraction of sp³-hybridized carbons (Fsp3) is 0.176. The lowest BCUT2D eigenvalue weighted by Gasteiger charge is -2.13. The smallest absolute Gasteiger partial charge is 0.269 e. The van der Waals surface area contributed by atoms with E-state index in [2.05, 4.69) is 52.2 Å². The van der Waals surface area contributed by atoms with Crippen LogP contribution in [0.25, 0.3) is 22.8 Å². The fourth-order valence-corrected chi connectivity index (χ4v) is 3.86. The van der Waals surface area contributed by atoms with E-state index in [1.165, 1.54) is 0 Å². The molecule has 8 heteroatoms. The maximum atomic E-state index is 11.9. The molecule has 0 atom stereocenters.